The van der Waals surface area contributed by atoms with Crippen LogP contribution in [0.3, 0.4) is 0 Å². The van der Waals surface area contributed by atoms with Gasteiger partial charge in [0.25, 0.3) is 5.56 Å². The molecular weight excluding hydrogens is 293 g/mol. The maximum atomic E-state index is 12.9. The minimum Gasteiger partial charge on any atom is -0.283 e. The Kier molecular flexibility index (Phi) is 4.21. The second kappa shape index (κ2) is 6.30. The number of benzene rings is 2. The molecule has 1 heterocycles. The summed E-state index contributed by atoms with van der Waals surface area (Å²) >= 11 is 0. The van der Waals surface area contributed by atoms with Crippen LogP contribution >= 0.6 is 0 Å². The lowest BCUT2D eigenvalue weighted by Crippen LogP contribution is -2.32. The molecule has 3 rings (SSSR count). The first-order chi connectivity index (χ1) is 11.0. The summed E-state index contributed by atoms with van der Waals surface area (Å²) in [7, 11) is 1.90. The van der Waals surface area contributed by atoms with Crippen LogP contribution in [0.4, 0.5) is 4.39 Å². The van der Waals surface area contributed by atoms with Gasteiger partial charge in [-0.15, -0.1) is 0 Å². The van der Waals surface area contributed by atoms with Gasteiger partial charge in [-0.1, -0.05) is 30.3 Å². The highest BCUT2D eigenvalue weighted by atomic mass is 19.1. The standard InChI is InChI=1S/C18H18FN3O/c1-13-16-5-3-4-6-17(16)18(23)22(20-13)12-21(2)11-14-7-9-15(19)10-8-14/h3-10H,11-12H2,1-2H3. The Bertz CT molecular complexity index is 887. The summed E-state index contributed by atoms with van der Waals surface area (Å²) in [5, 5.41) is 5.96. The molecule has 1 aromatic heterocycles. The Balaban J connectivity index is 1.85. The highest BCUT2D eigenvalue weighted by molar-refractivity contribution is 5.83. The zero-order valence-corrected chi connectivity index (χ0v) is 13.2. The molecule has 3 aromatic rings. The third kappa shape index (κ3) is 3.29. The lowest BCUT2D eigenvalue weighted by atomic mass is 10.1. The van der Waals surface area contributed by atoms with Gasteiger partial charge in [0.2, 0.25) is 0 Å². The monoisotopic (exact) mass is 311 g/mol. The van der Waals surface area contributed by atoms with Crippen molar-refractivity contribution in [3.05, 3.63) is 76.0 Å². The lowest BCUT2D eigenvalue weighted by Gasteiger charge is -2.18. The summed E-state index contributed by atoms with van der Waals surface area (Å²) in [6.45, 7) is 2.89. The fraction of sp³-hybridized carbons (Fsp3) is 0.222. The van der Waals surface area contributed by atoms with Crippen molar-refractivity contribution in [2.45, 2.75) is 20.1 Å². The summed E-state index contributed by atoms with van der Waals surface area (Å²) in [5.41, 5.74) is 1.71. The van der Waals surface area contributed by atoms with E-state index < -0.39 is 0 Å². The third-order valence-electron chi connectivity index (χ3n) is 3.79. The summed E-state index contributed by atoms with van der Waals surface area (Å²) in [6, 6.07) is 13.9. The molecule has 0 atom stereocenters. The van der Waals surface area contributed by atoms with Crippen molar-refractivity contribution >= 4 is 10.8 Å². The second-order valence-corrected chi connectivity index (χ2v) is 5.72. The number of halogens is 1. The minimum atomic E-state index is -0.251. The van der Waals surface area contributed by atoms with Gasteiger partial charge in [-0.2, -0.15) is 5.10 Å². The SMILES string of the molecule is Cc1nn(CN(C)Cc2ccc(F)cc2)c(=O)c2ccccc12. The van der Waals surface area contributed by atoms with E-state index in [0.717, 1.165) is 16.6 Å². The number of aromatic nitrogens is 2. The molecule has 23 heavy (non-hydrogen) atoms. The van der Waals surface area contributed by atoms with Gasteiger partial charge in [-0.05, 0) is 37.7 Å². The second-order valence-electron chi connectivity index (χ2n) is 5.72. The number of aryl methyl sites for hydroxylation is 1. The number of hydrogen-bond acceptors (Lipinski definition) is 3. The molecule has 2 aromatic carbocycles. The molecule has 5 heteroatoms. The smallest absolute Gasteiger partial charge is 0.275 e. The van der Waals surface area contributed by atoms with Crippen LogP contribution in [0.2, 0.25) is 0 Å². The zero-order chi connectivity index (χ0) is 16.4. The van der Waals surface area contributed by atoms with E-state index in [9.17, 15) is 9.18 Å². The Morgan fingerprint density at radius 1 is 1.09 bits per heavy atom. The van der Waals surface area contributed by atoms with E-state index in [4.69, 9.17) is 0 Å². The van der Waals surface area contributed by atoms with Crippen LogP contribution in [0.15, 0.2) is 53.3 Å². The van der Waals surface area contributed by atoms with Crippen molar-refractivity contribution in [2.75, 3.05) is 7.05 Å². The third-order valence-corrected chi connectivity index (χ3v) is 3.79. The van der Waals surface area contributed by atoms with E-state index in [1.165, 1.54) is 16.8 Å². The van der Waals surface area contributed by atoms with Crippen LogP contribution in [-0.2, 0) is 13.2 Å². The Morgan fingerprint density at radius 3 is 2.43 bits per heavy atom. The molecule has 0 radical (unpaired) electrons. The highest BCUT2D eigenvalue weighted by Crippen LogP contribution is 2.12. The first-order valence-corrected chi connectivity index (χ1v) is 7.44. The van der Waals surface area contributed by atoms with Gasteiger partial charge in [0.15, 0.2) is 0 Å². The molecule has 0 bridgehead atoms. The van der Waals surface area contributed by atoms with Crippen molar-refractivity contribution in [3.8, 4) is 0 Å². The minimum absolute atomic E-state index is 0.0999. The van der Waals surface area contributed by atoms with E-state index in [0.29, 0.717) is 18.6 Å². The van der Waals surface area contributed by atoms with Gasteiger partial charge >= 0.3 is 0 Å². The summed E-state index contributed by atoms with van der Waals surface area (Å²) in [5.74, 6) is -0.251. The highest BCUT2D eigenvalue weighted by Gasteiger charge is 2.09. The summed E-state index contributed by atoms with van der Waals surface area (Å²) < 4.78 is 14.4. The predicted molar refractivity (Wildman–Crippen MR) is 88.6 cm³/mol. The zero-order valence-electron chi connectivity index (χ0n) is 13.2. The molecule has 0 aliphatic carbocycles. The molecule has 0 aliphatic rings. The van der Waals surface area contributed by atoms with E-state index in [-0.39, 0.29) is 11.4 Å². The maximum Gasteiger partial charge on any atom is 0.275 e. The largest absolute Gasteiger partial charge is 0.283 e. The van der Waals surface area contributed by atoms with Gasteiger partial charge in [0, 0.05) is 11.9 Å². The quantitative estimate of drug-likeness (QED) is 0.743. The van der Waals surface area contributed by atoms with Gasteiger partial charge in [0.05, 0.1) is 17.7 Å². The Labute approximate surface area is 133 Å². The predicted octanol–water partition coefficient (Wildman–Crippen LogP) is 2.93. The average Bonchev–Trinajstić information content (AvgIpc) is 2.54. The molecule has 0 fully saturated rings. The lowest BCUT2D eigenvalue weighted by molar-refractivity contribution is 0.240. The Morgan fingerprint density at radius 2 is 1.74 bits per heavy atom. The number of nitrogens with zero attached hydrogens (tertiary/aromatic N) is 3. The van der Waals surface area contributed by atoms with Crippen LogP contribution < -0.4 is 5.56 Å². The summed E-state index contributed by atoms with van der Waals surface area (Å²) in [4.78, 5) is 14.5. The normalized spacial score (nSPS) is 11.3. The molecule has 0 saturated heterocycles. The molecule has 118 valence electrons. The van der Waals surface area contributed by atoms with E-state index in [1.54, 1.807) is 12.1 Å². The number of fused-ring (bicyclic) bond motifs is 1. The van der Waals surface area contributed by atoms with Crippen LogP contribution in [0.5, 0.6) is 0 Å². The van der Waals surface area contributed by atoms with Crippen molar-refractivity contribution in [1.82, 2.24) is 14.7 Å². The summed E-state index contributed by atoms with van der Waals surface area (Å²) in [6.07, 6.45) is 0. The Hall–Kier alpha value is -2.53. The van der Waals surface area contributed by atoms with E-state index in [1.807, 2.05) is 43.1 Å². The topological polar surface area (TPSA) is 38.1 Å². The van der Waals surface area contributed by atoms with Crippen molar-refractivity contribution < 1.29 is 4.39 Å². The van der Waals surface area contributed by atoms with Crippen LogP contribution in [-0.4, -0.2) is 21.7 Å². The van der Waals surface area contributed by atoms with Crippen molar-refractivity contribution in [2.24, 2.45) is 0 Å². The fourth-order valence-electron chi connectivity index (χ4n) is 2.68. The first-order valence-electron chi connectivity index (χ1n) is 7.44. The number of rotatable bonds is 4. The van der Waals surface area contributed by atoms with Gasteiger partial charge in [-0.25, -0.2) is 9.07 Å². The molecule has 0 amide bonds. The van der Waals surface area contributed by atoms with Crippen molar-refractivity contribution in [3.63, 3.8) is 0 Å². The fourth-order valence-corrected chi connectivity index (χ4v) is 2.68. The molecule has 0 N–H and O–H groups in total. The molecule has 0 saturated carbocycles. The van der Waals surface area contributed by atoms with Gasteiger partial charge < -0.3 is 0 Å². The molecular formula is C18H18FN3O. The van der Waals surface area contributed by atoms with E-state index >= 15 is 0 Å². The molecule has 0 unspecified atom stereocenters. The van der Waals surface area contributed by atoms with Crippen LogP contribution in [0, 0.1) is 12.7 Å². The average molecular weight is 311 g/mol. The molecule has 4 nitrogen and oxygen atoms in total. The first kappa shape index (κ1) is 15.4. The maximum absolute atomic E-state index is 12.9. The van der Waals surface area contributed by atoms with Crippen LogP contribution in [0.1, 0.15) is 11.3 Å². The van der Waals surface area contributed by atoms with Crippen LogP contribution in [0.25, 0.3) is 10.8 Å². The number of hydrogen-bond donors (Lipinski definition) is 0. The van der Waals surface area contributed by atoms with Crippen molar-refractivity contribution in [1.29, 1.82) is 0 Å². The molecule has 0 aliphatic heterocycles. The van der Waals surface area contributed by atoms with E-state index in [2.05, 4.69) is 5.10 Å². The molecule has 0 spiro atoms. The van der Waals surface area contributed by atoms with Gasteiger partial charge in [-0.3, -0.25) is 9.69 Å². The van der Waals surface area contributed by atoms with Gasteiger partial charge in [0.1, 0.15) is 5.82 Å².